The number of carbonyl (C=O) groups excluding carboxylic acids is 1. The van der Waals surface area contributed by atoms with Crippen LogP contribution in [0.3, 0.4) is 0 Å². The van der Waals surface area contributed by atoms with Gasteiger partial charge in [-0.3, -0.25) is 9.78 Å². The van der Waals surface area contributed by atoms with Crippen LogP contribution in [0.1, 0.15) is 32.7 Å². The van der Waals surface area contributed by atoms with E-state index < -0.39 is 0 Å². The lowest BCUT2D eigenvalue weighted by Gasteiger charge is -2.06. The molecule has 2 rings (SSSR count). The van der Waals surface area contributed by atoms with Crippen molar-refractivity contribution in [3.8, 4) is 0 Å². The van der Waals surface area contributed by atoms with E-state index in [2.05, 4.69) is 11.1 Å². The van der Waals surface area contributed by atoms with Gasteiger partial charge in [-0.15, -0.1) is 0 Å². The largest absolute Gasteiger partial charge is 0.294 e. The van der Waals surface area contributed by atoms with Crippen molar-refractivity contribution < 1.29 is 4.79 Å². The first-order valence-corrected chi connectivity index (χ1v) is 6.08. The van der Waals surface area contributed by atoms with Gasteiger partial charge in [-0.2, -0.15) is 0 Å². The summed E-state index contributed by atoms with van der Waals surface area (Å²) < 4.78 is 0. The molecule has 0 aliphatic carbocycles. The average Bonchev–Trinajstić information content (AvgIpc) is 2.31. The molecular formula is C16H17NO. The molecule has 0 fully saturated rings. The maximum absolute atomic E-state index is 12.2. The maximum Gasteiger partial charge on any atom is 0.168 e. The second-order valence-electron chi connectivity index (χ2n) is 4.74. The van der Waals surface area contributed by atoms with E-state index in [-0.39, 0.29) is 5.78 Å². The average molecular weight is 239 g/mol. The Labute approximate surface area is 108 Å². The van der Waals surface area contributed by atoms with E-state index in [4.69, 9.17) is 0 Å². The van der Waals surface area contributed by atoms with E-state index in [1.54, 1.807) is 6.20 Å². The van der Waals surface area contributed by atoms with Crippen LogP contribution in [0.5, 0.6) is 0 Å². The summed E-state index contributed by atoms with van der Waals surface area (Å²) in [6.45, 7) is 6.00. The molecule has 0 N–H and O–H groups in total. The molecule has 92 valence electrons. The topological polar surface area (TPSA) is 30.0 Å². The minimum atomic E-state index is 0.128. The third-order valence-electron chi connectivity index (χ3n) is 2.99. The Morgan fingerprint density at radius 3 is 2.39 bits per heavy atom. The Hall–Kier alpha value is -1.96. The molecule has 0 aliphatic heterocycles. The lowest BCUT2D eigenvalue weighted by Crippen LogP contribution is -2.07. The molecule has 2 aromatic rings. The molecular weight excluding hydrogens is 222 g/mol. The highest BCUT2D eigenvalue weighted by Gasteiger charge is 2.10. The molecule has 2 heteroatoms. The number of pyridine rings is 1. The lowest BCUT2D eigenvalue weighted by atomic mass is 10.0. The van der Waals surface area contributed by atoms with Gasteiger partial charge < -0.3 is 0 Å². The number of nitrogens with zero attached hydrogens (tertiary/aromatic N) is 1. The summed E-state index contributed by atoms with van der Waals surface area (Å²) in [7, 11) is 0. The van der Waals surface area contributed by atoms with Gasteiger partial charge in [-0.25, -0.2) is 0 Å². The number of benzene rings is 1. The predicted octanol–water partition coefficient (Wildman–Crippen LogP) is 3.43. The number of carbonyl (C=O) groups is 1. The van der Waals surface area contributed by atoms with Crippen LogP contribution in [0.4, 0.5) is 0 Å². The molecule has 0 amide bonds. The van der Waals surface area contributed by atoms with E-state index in [9.17, 15) is 4.79 Å². The quantitative estimate of drug-likeness (QED) is 0.768. The summed E-state index contributed by atoms with van der Waals surface area (Å²) in [5, 5.41) is 0. The molecule has 18 heavy (non-hydrogen) atoms. The maximum atomic E-state index is 12.2. The highest BCUT2D eigenvalue weighted by molar-refractivity contribution is 5.97. The van der Waals surface area contributed by atoms with Gasteiger partial charge in [-0.05, 0) is 44.5 Å². The van der Waals surface area contributed by atoms with E-state index >= 15 is 0 Å². The van der Waals surface area contributed by atoms with Crippen molar-refractivity contribution in [2.75, 3.05) is 0 Å². The Balaban J connectivity index is 2.25. The lowest BCUT2D eigenvalue weighted by molar-refractivity contribution is 0.0991. The van der Waals surface area contributed by atoms with Crippen molar-refractivity contribution in [3.63, 3.8) is 0 Å². The highest BCUT2D eigenvalue weighted by atomic mass is 16.1. The first kappa shape index (κ1) is 12.5. The summed E-state index contributed by atoms with van der Waals surface area (Å²) in [6.07, 6.45) is 2.10. The third kappa shape index (κ3) is 2.83. The van der Waals surface area contributed by atoms with E-state index in [1.165, 1.54) is 0 Å². The number of rotatable bonds is 3. The molecule has 2 nitrogen and oxygen atoms in total. The van der Waals surface area contributed by atoms with Crippen molar-refractivity contribution >= 4 is 5.78 Å². The molecule has 0 bridgehead atoms. The fraction of sp³-hybridized carbons (Fsp3) is 0.250. The summed E-state index contributed by atoms with van der Waals surface area (Å²) in [4.78, 5) is 16.5. The minimum absolute atomic E-state index is 0.128. The van der Waals surface area contributed by atoms with Gasteiger partial charge in [0.05, 0.1) is 12.1 Å². The van der Waals surface area contributed by atoms with Gasteiger partial charge in [0.1, 0.15) is 0 Å². The number of Topliss-reactive ketones (excluding diaryl/α,β-unsaturated/α-hetero) is 1. The first-order valence-electron chi connectivity index (χ1n) is 6.08. The molecule has 0 radical (unpaired) electrons. The Morgan fingerprint density at radius 1 is 1.11 bits per heavy atom. The highest BCUT2D eigenvalue weighted by Crippen LogP contribution is 2.13. The smallest absolute Gasteiger partial charge is 0.168 e. The van der Waals surface area contributed by atoms with Crippen molar-refractivity contribution in [3.05, 3.63) is 64.5 Å². The van der Waals surface area contributed by atoms with Gasteiger partial charge >= 0.3 is 0 Å². The summed E-state index contributed by atoms with van der Waals surface area (Å²) in [5.74, 6) is 0.128. The number of ketones is 1. The zero-order chi connectivity index (χ0) is 13.1. The normalized spacial score (nSPS) is 10.4. The Morgan fingerprint density at radius 2 is 1.78 bits per heavy atom. The number of aromatic nitrogens is 1. The van der Waals surface area contributed by atoms with Crippen molar-refractivity contribution in [1.82, 2.24) is 4.98 Å². The van der Waals surface area contributed by atoms with Crippen LogP contribution in [0.2, 0.25) is 0 Å². The van der Waals surface area contributed by atoms with Crippen LogP contribution in [-0.4, -0.2) is 10.8 Å². The minimum Gasteiger partial charge on any atom is -0.294 e. The van der Waals surface area contributed by atoms with Gasteiger partial charge in [0.15, 0.2) is 5.78 Å². The molecule has 0 saturated carbocycles. The molecule has 0 saturated heterocycles. The van der Waals surface area contributed by atoms with Gasteiger partial charge in [0.2, 0.25) is 0 Å². The first-order chi connectivity index (χ1) is 8.56. The van der Waals surface area contributed by atoms with E-state index in [0.717, 1.165) is 27.9 Å². The molecule has 0 unspecified atom stereocenters. The van der Waals surface area contributed by atoms with Crippen LogP contribution < -0.4 is 0 Å². The van der Waals surface area contributed by atoms with Crippen LogP contribution in [-0.2, 0) is 6.42 Å². The van der Waals surface area contributed by atoms with Gasteiger partial charge in [0.25, 0.3) is 0 Å². The zero-order valence-corrected chi connectivity index (χ0v) is 11.0. The predicted molar refractivity (Wildman–Crippen MR) is 72.9 cm³/mol. The molecule has 0 aliphatic rings. The van der Waals surface area contributed by atoms with Crippen LogP contribution in [0.25, 0.3) is 0 Å². The van der Waals surface area contributed by atoms with E-state index in [0.29, 0.717) is 6.42 Å². The van der Waals surface area contributed by atoms with Gasteiger partial charge in [-0.1, -0.05) is 23.3 Å². The fourth-order valence-electron chi connectivity index (χ4n) is 2.09. The summed E-state index contributed by atoms with van der Waals surface area (Å²) in [6, 6.07) is 9.82. The second-order valence-corrected chi connectivity index (χ2v) is 4.74. The van der Waals surface area contributed by atoms with Crippen molar-refractivity contribution in [1.29, 1.82) is 0 Å². The van der Waals surface area contributed by atoms with Gasteiger partial charge in [0, 0.05) is 11.8 Å². The van der Waals surface area contributed by atoms with Crippen LogP contribution in [0, 0.1) is 20.8 Å². The van der Waals surface area contributed by atoms with Crippen molar-refractivity contribution in [2.45, 2.75) is 27.2 Å². The fourth-order valence-corrected chi connectivity index (χ4v) is 2.09. The Kier molecular flexibility index (Phi) is 3.56. The zero-order valence-electron chi connectivity index (χ0n) is 11.0. The number of hydrogen-bond acceptors (Lipinski definition) is 2. The van der Waals surface area contributed by atoms with Crippen LogP contribution >= 0.6 is 0 Å². The van der Waals surface area contributed by atoms with Crippen LogP contribution in [0.15, 0.2) is 36.5 Å². The third-order valence-corrected chi connectivity index (χ3v) is 2.99. The monoisotopic (exact) mass is 239 g/mol. The summed E-state index contributed by atoms with van der Waals surface area (Å²) in [5.41, 5.74) is 4.95. The molecule has 1 aromatic heterocycles. The van der Waals surface area contributed by atoms with Crippen molar-refractivity contribution in [2.24, 2.45) is 0 Å². The molecule has 1 heterocycles. The molecule has 0 atom stereocenters. The molecule has 0 spiro atoms. The standard InChI is InChI=1S/C16H17NO/c1-11-7-12(2)9-14(8-11)16(18)10-15-13(3)5-4-6-17-15/h4-9H,10H2,1-3H3. The second kappa shape index (κ2) is 5.13. The Bertz CT molecular complexity index is 567. The SMILES string of the molecule is Cc1cc(C)cc(C(=O)Cc2ncccc2C)c1. The van der Waals surface area contributed by atoms with E-state index in [1.807, 2.05) is 45.0 Å². The number of aryl methyl sites for hydroxylation is 3. The number of hydrogen-bond donors (Lipinski definition) is 0. The summed E-state index contributed by atoms with van der Waals surface area (Å²) >= 11 is 0. The molecule has 1 aromatic carbocycles.